The van der Waals surface area contributed by atoms with E-state index in [9.17, 15) is 5.11 Å². The third-order valence-electron chi connectivity index (χ3n) is 6.22. The zero-order valence-corrected chi connectivity index (χ0v) is 22.6. The predicted octanol–water partition coefficient (Wildman–Crippen LogP) is 7.80. The summed E-state index contributed by atoms with van der Waals surface area (Å²) in [7, 11) is 0. The Balaban J connectivity index is 4.60. The van der Waals surface area contributed by atoms with E-state index in [4.69, 9.17) is 5.11 Å². The fourth-order valence-electron chi connectivity index (χ4n) is 4.13. The van der Waals surface area contributed by atoms with Crippen molar-refractivity contribution in [3.8, 4) is 0 Å². The second-order valence-corrected chi connectivity index (χ2v) is 22.3. The molecule has 3 heteroatoms. The van der Waals surface area contributed by atoms with Crippen molar-refractivity contribution in [2.75, 3.05) is 6.61 Å². The number of aliphatic hydroxyl groups excluding tert-OH is 1. The van der Waals surface area contributed by atoms with Crippen molar-refractivity contribution < 1.29 is 10.2 Å². The van der Waals surface area contributed by atoms with Crippen LogP contribution in [-0.2, 0) is 0 Å². The molecular formula is C25H52O2Sn. The summed E-state index contributed by atoms with van der Waals surface area (Å²) < 4.78 is 7.06. The van der Waals surface area contributed by atoms with Crippen LogP contribution in [0, 0.1) is 0 Å². The summed E-state index contributed by atoms with van der Waals surface area (Å²) in [5.74, 6) is 0. The van der Waals surface area contributed by atoms with Crippen LogP contribution >= 0.6 is 0 Å². The van der Waals surface area contributed by atoms with Crippen LogP contribution in [0.4, 0.5) is 0 Å². The summed E-state index contributed by atoms with van der Waals surface area (Å²) in [5, 5.41) is 19.8. The first-order valence-electron chi connectivity index (χ1n) is 12.5. The predicted molar refractivity (Wildman–Crippen MR) is 129 cm³/mol. The average Bonchev–Trinajstić information content (AvgIpc) is 2.69. The Hall–Kier alpha value is 0.459. The van der Waals surface area contributed by atoms with Crippen molar-refractivity contribution in [2.45, 2.75) is 136 Å². The zero-order chi connectivity index (χ0) is 21.1. The van der Waals surface area contributed by atoms with Gasteiger partial charge < -0.3 is 5.11 Å². The fraction of sp³-hybridized carbons (Fsp3) is 0.920. The molecule has 1 atom stereocenters. The van der Waals surface area contributed by atoms with E-state index in [0.717, 1.165) is 25.7 Å². The van der Waals surface area contributed by atoms with E-state index in [-0.39, 0.29) is 0 Å². The third-order valence-corrected chi connectivity index (χ3v) is 20.3. The Labute approximate surface area is 181 Å². The third kappa shape index (κ3) is 15.3. The Morgan fingerprint density at radius 2 is 1.11 bits per heavy atom. The molecule has 0 radical (unpaired) electrons. The molecular weight excluding hydrogens is 451 g/mol. The monoisotopic (exact) mass is 504 g/mol. The Morgan fingerprint density at radius 3 is 1.54 bits per heavy atom. The normalized spacial score (nSPS) is 14.6. The summed E-state index contributed by atoms with van der Waals surface area (Å²) in [6, 6.07) is 0. The molecule has 0 aliphatic carbocycles. The summed E-state index contributed by atoms with van der Waals surface area (Å²) in [6.45, 7) is 9.32. The number of hydrogen-bond donors (Lipinski definition) is 2. The number of hydrogen-bond acceptors (Lipinski definition) is 2. The Morgan fingerprint density at radius 1 is 0.679 bits per heavy atom. The van der Waals surface area contributed by atoms with Crippen molar-refractivity contribution in [3.63, 3.8) is 0 Å². The van der Waals surface area contributed by atoms with Gasteiger partial charge >= 0.3 is 177 Å². The van der Waals surface area contributed by atoms with Crippen LogP contribution in [0.25, 0.3) is 0 Å². The van der Waals surface area contributed by atoms with Gasteiger partial charge in [-0.15, -0.1) is 0 Å². The standard InChI is InChI=1S/C13H25O2.3C4H9.Sn/c1-3-13(2,15)11-9-7-5-4-6-8-10-12-14;3*1-3-4-2;/h1,3,14-15H,4-12H2,2H3;3*1,3-4H2,2H3;. The summed E-state index contributed by atoms with van der Waals surface area (Å²) >= 11 is -2.27. The molecule has 1 unspecified atom stereocenters. The molecule has 0 spiro atoms. The van der Waals surface area contributed by atoms with Crippen LogP contribution < -0.4 is 0 Å². The van der Waals surface area contributed by atoms with E-state index in [2.05, 4.69) is 30.9 Å². The van der Waals surface area contributed by atoms with E-state index >= 15 is 0 Å². The van der Waals surface area contributed by atoms with Crippen molar-refractivity contribution in [2.24, 2.45) is 0 Å². The van der Waals surface area contributed by atoms with Gasteiger partial charge in [0.05, 0.1) is 0 Å². The van der Waals surface area contributed by atoms with Crippen LogP contribution in [0.15, 0.2) is 10.2 Å². The first-order chi connectivity index (χ1) is 13.4. The van der Waals surface area contributed by atoms with Crippen LogP contribution in [0.5, 0.6) is 0 Å². The van der Waals surface area contributed by atoms with Crippen molar-refractivity contribution in [1.29, 1.82) is 0 Å². The Bertz CT molecular complexity index is 344. The summed E-state index contributed by atoms with van der Waals surface area (Å²) in [6.07, 6.45) is 19.4. The summed E-state index contributed by atoms with van der Waals surface area (Å²) in [5.41, 5.74) is -0.621. The van der Waals surface area contributed by atoms with Gasteiger partial charge in [0.2, 0.25) is 0 Å². The quantitative estimate of drug-likeness (QED) is 0.132. The zero-order valence-electron chi connectivity index (χ0n) is 19.8. The fourth-order valence-corrected chi connectivity index (χ4v) is 18.8. The molecule has 0 aliphatic rings. The average molecular weight is 503 g/mol. The van der Waals surface area contributed by atoms with E-state index in [1.807, 2.05) is 6.92 Å². The van der Waals surface area contributed by atoms with E-state index in [0.29, 0.717) is 6.61 Å². The van der Waals surface area contributed by atoms with E-state index in [1.54, 1.807) is 0 Å². The second-order valence-electron chi connectivity index (χ2n) is 9.31. The van der Waals surface area contributed by atoms with Gasteiger partial charge in [0.1, 0.15) is 0 Å². The van der Waals surface area contributed by atoms with Crippen molar-refractivity contribution in [1.82, 2.24) is 0 Å². The van der Waals surface area contributed by atoms with Gasteiger partial charge in [-0.3, -0.25) is 0 Å². The van der Waals surface area contributed by atoms with Crippen molar-refractivity contribution in [3.05, 3.63) is 10.2 Å². The topological polar surface area (TPSA) is 40.5 Å². The van der Waals surface area contributed by atoms with Gasteiger partial charge in [-0.25, -0.2) is 0 Å². The molecule has 2 N–H and O–H groups in total. The Kier molecular flexibility index (Phi) is 18.5. The van der Waals surface area contributed by atoms with E-state index < -0.39 is 24.0 Å². The SMILES string of the molecule is CCC[CH2][Sn](/[CH]=C/C(C)(O)CCCCCCCCCO)([CH2]CCC)[CH2]CCC. The minimum absolute atomic E-state index is 0.330. The number of aliphatic hydroxyl groups is 2. The molecule has 0 bridgehead atoms. The molecule has 0 fully saturated rings. The maximum atomic E-state index is 10.9. The first kappa shape index (κ1) is 28.5. The van der Waals surface area contributed by atoms with Gasteiger partial charge in [-0.2, -0.15) is 0 Å². The molecule has 0 aliphatic heterocycles. The van der Waals surface area contributed by atoms with Crippen LogP contribution in [0.2, 0.25) is 13.3 Å². The van der Waals surface area contributed by atoms with Gasteiger partial charge in [0, 0.05) is 0 Å². The van der Waals surface area contributed by atoms with Crippen LogP contribution in [0.1, 0.15) is 118 Å². The van der Waals surface area contributed by atoms with Gasteiger partial charge in [-0.1, -0.05) is 0 Å². The van der Waals surface area contributed by atoms with Gasteiger partial charge in [0.15, 0.2) is 0 Å². The molecule has 0 amide bonds. The molecule has 0 aromatic rings. The number of rotatable bonds is 20. The van der Waals surface area contributed by atoms with Crippen molar-refractivity contribution >= 4 is 18.4 Å². The first-order valence-corrected chi connectivity index (χ1v) is 20.2. The van der Waals surface area contributed by atoms with Gasteiger partial charge in [0.25, 0.3) is 0 Å². The second kappa shape index (κ2) is 18.2. The molecule has 28 heavy (non-hydrogen) atoms. The molecule has 0 saturated carbocycles. The van der Waals surface area contributed by atoms with Crippen LogP contribution in [-0.4, -0.2) is 40.8 Å². The molecule has 0 saturated heterocycles. The minimum atomic E-state index is -2.27. The molecule has 0 aromatic carbocycles. The molecule has 0 rings (SSSR count). The van der Waals surface area contributed by atoms with Gasteiger partial charge in [-0.05, 0) is 0 Å². The number of unbranched alkanes of at least 4 members (excludes halogenated alkanes) is 9. The maximum absolute atomic E-state index is 10.9. The summed E-state index contributed by atoms with van der Waals surface area (Å²) in [4.78, 5) is 0. The molecule has 0 heterocycles. The van der Waals surface area contributed by atoms with Crippen LogP contribution in [0.3, 0.4) is 0 Å². The van der Waals surface area contributed by atoms with E-state index in [1.165, 1.54) is 77.5 Å². The molecule has 0 aromatic heterocycles. The molecule has 2 nitrogen and oxygen atoms in total. The molecule has 168 valence electrons.